The molecule has 0 bridgehead atoms. The lowest BCUT2D eigenvalue weighted by Gasteiger charge is -2.38. The number of rotatable bonds is 5. The Morgan fingerprint density at radius 3 is 2.87 bits per heavy atom. The second-order valence-corrected chi connectivity index (χ2v) is 6.62. The molecule has 23 heavy (non-hydrogen) atoms. The molecular weight excluding hydrogens is 290 g/mol. The molecule has 2 fully saturated rings. The fraction of sp³-hybridized carbons (Fsp3) is 0.722. The zero-order chi connectivity index (χ0) is 16.1. The maximum atomic E-state index is 5.72. The molecule has 2 aliphatic rings. The molecule has 0 N–H and O–H groups in total. The van der Waals surface area contributed by atoms with Crippen LogP contribution < -0.4 is 9.64 Å². The molecule has 2 unspecified atom stereocenters. The van der Waals surface area contributed by atoms with E-state index in [4.69, 9.17) is 9.47 Å². The zero-order valence-corrected chi connectivity index (χ0v) is 14.4. The van der Waals surface area contributed by atoms with Crippen molar-refractivity contribution in [2.45, 2.75) is 32.8 Å². The average molecular weight is 319 g/mol. The molecule has 0 saturated carbocycles. The minimum atomic E-state index is 0.428. The van der Waals surface area contributed by atoms with Gasteiger partial charge in [0, 0.05) is 45.5 Å². The van der Waals surface area contributed by atoms with Gasteiger partial charge in [0.15, 0.2) is 11.6 Å². The van der Waals surface area contributed by atoms with E-state index in [1.807, 2.05) is 25.3 Å². The third kappa shape index (κ3) is 4.36. The summed E-state index contributed by atoms with van der Waals surface area (Å²) < 4.78 is 11.4. The monoisotopic (exact) mass is 319 g/mol. The Kier molecular flexibility index (Phi) is 5.73. The summed E-state index contributed by atoms with van der Waals surface area (Å²) in [6, 6.07) is 3.96. The van der Waals surface area contributed by atoms with Crippen LogP contribution in [0.2, 0.25) is 0 Å². The van der Waals surface area contributed by atoms with Crippen molar-refractivity contribution in [1.29, 1.82) is 0 Å². The van der Waals surface area contributed by atoms with Crippen molar-refractivity contribution in [2.24, 2.45) is 5.92 Å². The summed E-state index contributed by atoms with van der Waals surface area (Å²) in [6.07, 6.45) is 4.69. The molecule has 1 aromatic heterocycles. The minimum Gasteiger partial charge on any atom is -0.490 e. The Balaban J connectivity index is 1.52. The van der Waals surface area contributed by atoms with Gasteiger partial charge in [0.1, 0.15) is 0 Å². The van der Waals surface area contributed by atoms with Crippen molar-refractivity contribution in [3.8, 4) is 5.75 Å². The Morgan fingerprint density at radius 1 is 1.30 bits per heavy atom. The van der Waals surface area contributed by atoms with Crippen LogP contribution in [0.3, 0.4) is 0 Å². The summed E-state index contributed by atoms with van der Waals surface area (Å²) in [5.74, 6) is 2.69. The normalized spacial score (nSPS) is 26.3. The van der Waals surface area contributed by atoms with E-state index >= 15 is 0 Å². The van der Waals surface area contributed by atoms with Gasteiger partial charge in [-0.25, -0.2) is 4.98 Å². The molecule has 0 aliphatic carbocycles. The summed E-state index contributed by atoms with van der Waals surface area (Å²) in [4.78, 5) is 9.49. The Morgan fingerprint density at radius 2 is 2.13 bits per heavy atom. The van der Waals surface area contributed by atoms with E-state index in [2.05, 4.69) is 21.7 Å². The van der Waals surface area contributed by atoms with Crippen LogP contribution in [-0.4, -0.2) is 61.9 Å². The molecule has 3 heterocycles. The van der Waals surface area contributed by atoms with Crippen LogP contribution in [0.15, 0.2) is 18.3 Å². The van der Waals surface area contributed by atoms with Gasteiger partial charge in [0.05, 0.1) is 12.7 Å². The van der Waals surface area contributed by atoms with E-state index in [9.17, 15) is 0 Å². The van der Waals surface area contributed by atoms with Gasteiger partial charge in [-0.2, -0.15) is 0 Å². The lowest BCUT2D eigenvalue weighted by atomic mass is 9.95. The standard InChI is InChI=1S/C18H29N3O2/c1-3-22-17-5-4-7-19-18(17)21-10-8-20(9-11-21)14-16-6-12-23-15(2)13-16/h4-5,7,15-16H,3,6,8-14H2,1-2H3. The van der Waals surface area contributed by atoms with Gasteiger partial charge in [-0.3, -0.25) is 4.90 Å². The third-order valence-electron chi connectivity index (χ3n) is 4.83. The SMILES string of the molecule is CCOc1cccnc1N1CCN(CC2CCOC(C)C2)CC1. The van der Waals surface area contributed by atoms with Crippen molar-refractivity contribution in [2.75, 3.05) is 50.8 Å². The quantitative estimate of drug-likeness (QED) is 0.833. The van der Waals surface area contributed by atoms with Crippen molar-refractivity contribution < 1.29 is 9.47 Å². The van der Waals surface area contributed by atoms with E-state index < -0.39 is 0 Å². The number of anilines is 1. The fourth-order valence-electron chi connectivity index (χ4n) is 3.65. The summed E-state index contributed by atoms with van der Waals surface area (Å²) in [6.45, 7) is 11.3. The minimum absolute atomic E-state index is 0.428. The number of nitrogens with zero attached hydrogens (tertiary/aromatic N) is 3. The molecule has 2 saturated heterocycles. The van der Waals surface area contributed by atoms with Gasteiger partial charge >= 0.3 is 0 Å². The molecule has 0 radical (unpaired) electrons. The molecule has 3 rings (SSSR count). The van der Waals surface area contributed by atoms with Crippen LogP contribution in [0.25, 0.3) is 0 Å². The highest BCUT2D eigenvalue weighted by atomic mass is 16.5. The number of piperazine rings is 1. The topological polar surface area (TPSA) is 37.8 Å². The van der Waals surface area contributed by atoms with Crippen molar-refractivity contribution in [3.63, 3.8) is 0 Å². The lowest BCUT2D eigenvalue weighted by Crippen LogP contribution is -2.48. The Bertz CT molecular complexity index is 489. The van der Waals surface area contributed by atoms with Gasteiger partial charge in [-0.15, -0.1) is 0 Å². The second kappa shape index (κ2) is 7.97. The third-order valence-corrected chi connectivity index (χ3v) is 4.83. The molecule has 1 aromatic rings. The first kappa shape index (κ1) is 16.5. The highest BCUT2D eigenvalue weighted by Crippen LogP contribution is 2.27. The average Bonchev–Trinajstić information content (AvgIpc) is 2.57. The molecule has 0 amide bonds. The summed E-state index contributed by atoms with van der Waals surface area (Å²) >= 11 is 0. The van der Waals surface area contributed by atoms with Gasteiger partial charge in [-0.05, 0) is 44.7 Å². The largest absolute Gasteiger partial charge is 0.490 e. The maximum Gasteiger partial charge on any atom is 0.171 e. The molecule has 5 nitrogen and oxygen atoms in total. The van der Waals surface area contributed by atoms with Gasteiger partial charge < -0.3 is 14.4 Å². The Labute approximate surface area is 139 Å². The van der Waals surface area contributed by atoms with E-state index in [0.717, 1.165) is 50.3 Å². The van der Waals surface area contributed by atoms with Gasteiger partial charge in [0.25, 0.3) is 0 Å². The summed E-state index contributed by atoms with van der Waals surface area (Å²) in [5, 5.41) is 0. The van der Waals surface area contributed by atoms with Gasteiger partial charge in [0.2, 0.25) is 0 Å². The zero-order valence-electron chi connectivity index (χ0n) is 14.4. The first-order valence-electron chi connectivity index (χ1n) is 8.93. The van der Waals surface area contributed by atoms with Crippen LogP contribution in [0.4, 0.5) is 5.82 Å². The smallest absolute Gasteiger partial charge is 0.171 e. The van der Waals surface area contributed by atoms with Crippen LogP contribution in [0.1, 0.15) is 26.7 Å². The lowest BCUT2D eigenvalue weighted by molar-refractivity contribution is -0.00588. The number of hydrogen-bond acceptors (Lipinski definition) is 5. The van der Waals surface area contributed by atoms with Crippen LogP contribution >= 0.6 is 0 Å². The van der Waals surface area contributed by atoms with Crippen LogP contribution in [0.5, 0.6) is 5.75 Å². The van der Waals surface area contributed by atoms with E-state index in [0.29, 0.717) is 12.7 Å². The summed E-state index contributed by atoms with van der Waals surface area (Å²) in [7, 11) is 0. The first-order chi connectivity index (χ1) is 11.3. The molecular formula is C18H29N3O2. The van der Waals surface area contributed by atoms with E-state index in [-0.39, 0.29) is 0 Å². The van der Waals surface area contributed by atoms with E-state index in [1.165, 1.54) is 19.4 Å². The van der Waals surface area contributed by atoms with Crippen molar-refractivity contribution in [1.82, 2.24) is 9.88 Å². The predicted molar refractivity (Wildman–Crippen MR) is 92.2 cm³/mol. The number of aromatic nitrogens is 1. The summed E-state index contributed by atoms with van der Waals surface area (Å²) in [5.41, 5.74) is 0. The molecule has 0 aromatic carbocycles. The maximum absolute atomic E-state index is 5.72. The molecule has 5 heteroatoms. The molecule has 128 valence electrons. The number of ether oxygens (including phenoxy) is 2. The highest BCUT2D eigenvalue weighted by Gasteiger charge is 2.25. The Hall–Kier alpha value is -1.33. The van der Waals surface area contributed by atoms with E-state index in [1.54, 1.807) is 0 Å². The van der Waals surface area contributed by atoms with Crippen LogP contribution in [0, 0.1) is 5.92 Å². The first-order valence-corrected chi connectivity index (χ1v) is 8.93. The fourth-order valence-corrected chi connectivity index (χ4v) is 3.65. The molecule has 0 spiro atoms. The molecule has 2 aliphatic heterocycles. The number of hydrogen-bond donors (Lipinski definition) is 0. The highest BCUT2D eigenvalue weighted by molar-refractivity contribution is 5.52. The second-order valence-electron chi connectivity index (χ2n) is 6.62. The van der Waals surface area contributed by atoms with Crippen molar-refractivity contribution in [3.05, 3.63) is 18.3 Å². The van der Waals surface area contributed by atoms with Crippen LogP contribution in [-0.2, 0) is 4.74 Å². The predicted octanol–water partition coefficient (Wildman–Crippen LogP) is 2.42. The van der Waals surface area contributed by atoms with Gasteiger partial charge in [-0.1, -0.05) is 0 Å². The molecule has 2 atom stereocenters. The number of pyridine rings is 1. The van der Waals surface area contributed by atoms with Crippen molar-refractivity contribution >= 4 is 5.82 Å².